The van der Waals surface area contributed by atoms with Crippen LogP contribution in [0.1, 0.15) is 16.3 Å². The number of ether oxygens (including phenoxy) is 3. The quantitative estimate of drug-likeness (QED) is 0.639. The Labute approximate surface area is 126 Å². The van der Waals surface area contributed by atoms with E-state index in [0.717, 1.165) is 22.2 Å². The minimum atomic E-state index is -0.467. The Balaban J connectivity index is 1.65. The van der Waals surface area contributed by atoms with Gasteiger partial charge >= 0.3 is 5.97 Å². The molecule has 6 heteroatoms. The summed E-state index contributed by atoms with van der Waals surface area (Å²) in [6, 6.07) is 9.22. The van der Waals surface area contributed by atoms with Crippen LogP contribution in [-0.4, -0.2) is 26.3 Å². The second kappa shape index (κ2) is 6.13. The molecule has 1 aromatic heterocycles. The third-order valence-electron chi connectivity index (χ3n) is 2.94. The minimum Gasteiger partial charge on any atom is -0.486 e. The number of rotatable bonds is 4. The van der Waals surface area contributed by atoms with Crippen molar-refractivity contribution in [2.75, 3.05) is 20.3 Å². The molecular weight excluding hydrogens is 292 g/mol. The summed E-state index contributed by atoms with van der Waals surface area (Å²) in [4.78, 5) is 12.4. The molecule has 110 valence electrons. The van der Waals surface area contributed by atoms with Crippen molar-refractivity contribution in [2.24, 2.45) is 0 Å². The van der Waals surface area contributed by atoms with Gasteiger partial charge in [-0.3, -0.25) is 0 Å². The molecule has 0 saturated carbocycles. The third-order valence-corrected chi connectivity index (χ3v) is 3.96. The van der Waals surface area contributed by atoms with Crippen molar-refractivity contribution in [3.63, 3.8) is 0 Å². The third kappa shape index (κ3) is 3.16. The molecule has 0 aliphatic carbocycles. The van der Waals surface area contributed by atoms with E-state index in [0.29, 0.717) is 19.0 Å². The molecule has 0 radical (unpaired) electrons. The van der Waals surface area contributed by atoms with Crippen LogP contribution in [0.15, 0.2) is 39.6 Å². The maximum Gasteiger partial charge on any atom is 0.373 e. The molecule has 2 aromatic rings. The van der Waals surface area contributed by atoms with Gasteiger partial charge in [0, 0.05) is 4.90 Å². The average molecular weight is 306 g/mol. The van der Waals surface area contributed by atoms with Crippen molar-refractivity contribution in [3.05, 3.63) is 41.9 Å². The normalized spacial score (nSPS) is 13.0. The molecule has 1 aliphatic rings. The predicted octanol–water partition coefficient (Wildman–Crippen LogP) is 3.13. The summed E-state index contributed by atoms with van der Waals surface area (Å²) in [6.07, 6.45) is 0. The number of esters is 1. The van der Waals surface area contributed by atoms with Gasteiger partial charge in [0.25, 0.3) is 0 Å². The first kappa shape index (κ1) is 13.9. The van der Waals surface area contributed by atoms with Gasteiger partial charge in [0.1, 0.15) is 19.0 Å². The SMILES string of the molecule is COC(=O)c1ccc(CSc2ccc3c(c2)OCCO3)o1. The van der Waals surface area contributed by atoms with Gasteiger partial charge in [0.15, 0.2) is 11.5 Å². The molecule has 0 unspecified atom stereocenters. The van der Waals surface area contributed by atoms with Crippen molar-refractivity contribution < 1.29 is 23.4 Å². The number of methoxy groups -OCH3 is 1. The van der Waals surface area contributed by atoms with Gasteiger partial charge in [-0.15, -0.1) is 11.8 Å². The van der Waals surface area contributed by atoms with Crippen LogP contribution in [0.2, 0.25) is 0 Å². The molecule has 0 atom stereocenters. The van der Waals surface area contributed by atoms with Crippen LogP contribution in [0.3, 0.4) is 0 Å². The lowest BCUT2D eigenvalue weighted by atomic mass is 10.3. The van der Waals surface area contributed by atoms with E-state index in [4.69, 9.17) is 13.9 Å². The fraction of sp³-hybridized carbons (Fsp3) is 0.267. The van der Waals surface area contributed by atoms with E-state index in [1.54, 1.807) is 23.9 Å². The van der Waals surface area contributed by atoms with Gasteiger partial charge in [0.2, 0.25) is 5.76 Å². The zero-order valence-corrected chi connectivity index (χ0v) is 12.3. The van der Waals surface area contributed by atoms with Crippen LogP contribution < -0.4 is 9.47 Å². The Kier molecular flexibility index (Phi) is 4.06. The van der Waals surface area contributed by atoms with Crippen LogP contribution in [0, 0.1) is 0 Å². The summed E-state index contributed by atoms with van der Waals surface area (Å²) < 4.78 is 21.0. The minimum absolute atomic E-state index is 0.218. The molecule has 2 heterocycles. The summed E-state index contributed by atoms with van der Waals surface area (Å²) in [6.45, 7) is 1.16. The molecule has 0 spiro atoms. The van der Waals surface area contributed by atoms with Crippen molar-refractivity contribution in [1.82, 2.24) is 0 Å². The van der Waals surface area contributed by atoms with E-state index >= 15 is 0 Å². The van der Waals surface area contributed by atoms with Gasteiger partial charge < -0.3 is 18.6 Å². The topological polar surface area (TPSA) is 57.9 Å². The summed E-state index contributed by atoms with van der Waals surface area (Å²) in [5.74, 6) is 2.63. The summed E-state index contributed by atoms with van der Waals surface area (Å²) in [5, 5.41) is 0. The Morgan fingerprint density at radius 3 is 2.81 bits per heavy atom. The van der Waals surface area contributed by atoms with Crippen molar-refractivity contribution in [3.8, 4) is 11.5 Å². The lowest BCUT2D eigenvalue weighted by Crippen LogP contribution is -2.15. The molecule has 0 N–H and O–H groups in total. The lowest BCUT2D eigenvalue weighted by molar-refractivity contribution is 0.0563. The number of hydrogen-bond donors (Lipinski definition) is 0. The molecular formula is C15H14O5S. The van der Waals surface area contributed by atoms with Crippen LogP contribution in [0.4, 0.5) is 0 Å². The number of hydrogen-bond acceptors (Lipinski definition) is 6. The number of thioether (sulfide) groups is 1. The fourth-order valence-electron chi connectivity index (χ4n) is 1.93. The molecule has 21 heavy (non-hydrogen) atoms. The molecule has 5 nitrogen and oxygen atoms in total. The van der Waals surface area contributed by atoms with E-state index in [2.05, 4.69) is 4.74 Å². The fourth-order valence-corrected chi connectivity index (χ4v) is 2.75. The van der Waals surface area contributed by atoms with Crippen molar-refractivity contribution in [2.45, 2.75) is 10.6 Å². The highest BCUT2D eigenvalue weighted by molar-refractivity contribution is 7.98. The van der Waals surface area contributed by atoms with Crippen LogP contribution in [0.5, 0.6) is 11.5 Å². The van der Waals surface area contributed by atoms with E-state index in [1.165, 1.54) is 7.11 Å². The van der Waals surface area contributed by atoms with Gasteiger partial charge in [-0.25, -0.2) is 4.79 Å². The van der Waals surface area contributed by atoms with Crippen LogP contribution in [-0.2, 0) is 10.5 Å². The Morgan fingerprint density at radius 1 is 1.19 bits per heavy atom. The lowest BCUT2D eigenvalue weighted by Gasteiger charge is -2.18. The molecule has 3 rings (SSSR count). The smallest absolute Gasteiger partial charge is 0.373 e. The summed E-state index contributed by atoms with van der Waals surface area (Å²) in [5.41, 5.74) is 0. The second-order valence-electron chi connectivity index (χ2n) is 4.35. The zero-order chi connectivity index (χ0) is 14.7. The van der Waals surface area contributed by atoms with Crippen LogP contribution >= 0.6 is 11.8 Å². The molecule has 0 saturated heterocycles. The highest BCUT2D eigenvalue weighted by atomic mass is 32.2. The standard InChI is InChI=1S/C15H14O5S/c1-17-15(16)13-4-2-10(20-13)9-21-11-3-5-12-14(8-11)19-7-6-18-12/h2-5,8H,6-7,9H2,1H3. The van der Waals surface area contributed by atoms with Gasteiger partial charge in [0.05, 0.1) is 12.9 Å². The van der Waals surface area contributed by atoms with Gasteiger partial charge in [-0.2, -0.15) is 0 Å². The summed E-state index contributed by atoms with van der Waals surface area (Å²) >= 11 is 1.60. The molecule has 1 aromatic carbocycles. The van der Waals surface area contributed by atoms with Crippen LogP contribution in [0.25, 0.3) is 0 Å². The Morgan fingerprint density at radius 2 is 2.00 bits per heavy atom. The average Bonchev–Trinajstić information content (AvgIpc) is 3.01. The van der Waals surface area contributed by atoms with E-state index in [-0.39, 0.29) is 5.76 Å². The first-order valence-electron chi connectivity index (χ1n) is 6.46. The largest absolute Gasteiger partial charge is 0.486 e. The summed E-state index contributed by atoms with van der Waals surface area (Å²) in [7, 11) is 1.33. The van der Waals surface area contributed by atoms with E-state index in [1.807, 2.05) is 18.2 Å². The first-order chi connectivity index (χ1) is 10.3. The maximum atomic E-state index is 11.3. The van der Waals surface area contributed by atoms with Crippen molar-refractivity contribution >= 4 is 17.7 Å². The number of benzene rings is 1. The second-order valence-corrected chi connectivity index (χ2v) is 5.40. The molecule has 0 bridgehead atoms. The van der Waals surface area contributed by atoms with Gasteiger partial charge in [-0.1, -0.05) is 0 Å². The highest BCUT2D eigenvalue weighted by Crippen LogP contribution is 2.35. The maximum absolute atomic E-state index is 11.3. The monoisotopic (exact) mass is 306 g/mol. The number of furan rings is 1. The number of carbonyl (C=O) groups is 1. The zero-order valence-electron chi connectivity index (χ0n) is 11.5. The Hall–Kier alpha value is -2.08. The number of fused-ring (bicyclic) bond motifs is 1. The Bertz CT molecular complexity index is 649. The van der Waals surface area contributed by atoms with Crippen molar-refractivity contribution in [1.29, 1.82) is 0 Å². The predicted molar refractivity (Wildman–Crippen MR) is 77.0 cm³/mol. The molecule has 0 fully saturated rings. The highest BCUT2D eigenvalue weighted by Gasteiger charge is 2.13. The first-order valence-corrected chi connectivity index (χ1v) is 7.44. The van der Waals surface area contributed by atoms with Gasteiger partial charge in [-0.05, 0) is 30.3 Å². The molecule has 1 aliphatic heterocycles. The number of carbonyl (C=O) groups excluding carboxylic acids is 1. The van der Waals surface area contributed by atoms with E-state index in [9.17, 15) is 4.79 Å². The molecule has 0 amide bonds. The van der Waals surface area contributed by atoms with E-state index < -0.39 is 5.97 Å².